The van der Waals surface area contributed by atoms with Gasteiger partial charge in [-0.15, -0.1) is 0 Å². The molecule has 80 valence electrons. The molecule has 0 aromatic carbocycles. The molecule has 0 aliphatic carbocycles. The van der Waals surface area contributed by atoms with Gasteiger partial charge in [-0.3, -0.25) is 0 Å². The summed E-state index contributed by atoms with van der Waals surface area (Å²) in [6, 6.07) is 0. The van der Waals surface area contributed by atoms with E-state index >= 15 is 0 Å². The monoisotopic (exact) mass is 187 g/mol. The average Bonchev–Trinajstić information content (AvgIpc) is 2.09. The number of hydrogen-bond acceptors (Lipinski definition) is 2. The van der Waals surface area contributed by atoms with E-state index in [1.807, 2.05) is 0 Å². The predicted octanol–water partition coefficient (Wildman–Crippen LogP) is 2.44. The summed E-state index contributed by atoms with van der Waals surface area (Å²) >= 11 is 0. The van der Waals surface area contributed by atoms with Crippen LogP contribution in [0.1, 0.15) is 40.5 Å². The Bertz CT molecular complexity index is 113. The minimum atomic E-state index is 0.365. The summed E-state index contributed by atoms with van der Waals surface area (Å²) in [6.07, 6.45) is 2.26. The lowest BCUT2D eigenvalue weighted by Crippen LogP contribution is -2.30. The van der Waals surface area contributed by atoms with Gasteiger partial charge in [0.05, 0.1) is 0 Å². The molecule has 0 aliphatic rings. The maximum atomic E-state index is 5.47. The van der Waals surface area contributed by atoms with Crippen molar-refractivity contribution in [1.82, 2.24) is 5.32 Å². The van der Waals surface area contributed by atoms with E-state index in [9.17, 15) is 0 Å². The fourth-order valence-corrected chi connectivity index (χ4v) is 1.15. The average molecular weight is 187 g/mol. The molecule has 13 heavy (non-hydrogen) atoms. The van der Waals surface area contributed by atoms with E-state index in [1.165, 1.54) is 0 Å². The smallest absolute Gasteiger partial charge is 0.0471 e. The summed E-state index contributed by atoms with van der Waals surface area (Å²) in [5.74, 6) is 0. The molecular formula is C11H25NO. The van der Waals surface area contributed by atoms with Crippen LogP contribution in [0, 0.1) is 5.41 Å². The Morgan fingerprint density at radius 1 is 1.15 bits per heavy atom. The molecule has 0 spiro atoms. The second-order valence-corrected chi connectivity index (χ2v) is 4.31. The standard InChI is InChI=1S/C11H25NO/c1-5-8-13-9-7-11(3,4)10-12-6-2/h12H,5-10H2,1-4H3. The fraction of sp³-hybridized carbons (Fsp3) is 1.00. The Morgan fingerprint density at radius 2 is 1.85 bits per heavy atom. The number of ether oxygens (including phenoxy) is 1. The van der Waals surface area contributed by atoms with Crippen molar-refractivity contribution in [2.45, 2.75) is 40.5 Å². The van der Waals surface area contributed by atoms with E-state index in [-0.39, 0.29) is 0 Å². The van der Waals surface area contributed by atoms with Gasteiger partial charge in [0.15, 0.2) is 0 Å². The zero-order chi connectivity index (χ0) is 10.2. The summed E-state index contributed by atoms with van der Waals surface area (Å²) in [7, 11) is 0. The fourth-order valence-electron chi connectivity index (χ4n) is 1.15. The predicted molar refractivity (Wildman–Crippen MR) is 58.1 cm³/mol. The highest BCUT2D eigenvalue weighted by Crippen LogP contribution is 2.18. The van der Waals surface area contributed by atoms with Gasteiger partial charge < -0.3 is 10.1 Å². The van der Waals surface area contributed by atoms with Gasteiger partial charge in [-0.05, 0) is 24.8 Å². The molecule has 2 heteroatoms. The first kappa shape index (κ1) is 12.9. The topological polar surface area (TPSA) is 21.3 Å². The molecule has 2 nitrogen and oxygen atoms in total. The SMILES string of the molecule is CCCOCCC(C)(C)CNCC. The lowest BCUT2D eigenvalue weighted by molar-refractivity contribution is 0.104. The molecule has 0 unspecified atom stereocenters. The Kier molecular flexibility index (Phi) is 7.29. The number of hydrogen-bond donors (Lipinski definition) is 1. The van der Waals surface area contributed by atoms with Gasteiger partial charge in [0.25, 0.3) is 0 Å². The largest absolute Gasteiger partial charge is 0.381 e. The van der Waals surface area contributed by atoms with Gasteiger partial charge in [-0.2, -0.15) is 0 Å². The molecule has 0 bridgehead atoms. The zero-order valence-electron chi connectivity index (χ0n) is 9.65. The van der Waals surface area contributed by atoms with Crippen LogP contribution in [0.15, 0.2) is 0 Å². The van der Waals surface area contributed by atoms with Gasteiger partial charge in [-0.1, -0.05) is 27.7 Å². The van der Waals surface area contributed by atoms with Crippen LogP contribution in [0.4, 0.5) is 0 Å². The minimum Gasteiger partial charge on any atom is -0.381 e. The van der Waals surface area contributed by atoms with E-state index in [0.29, 0.717) is 5.41 Å². The van der Waals surface area contributed by atoms with Crippen molar-refractivity contribution in [2.24, 2.45) is 5.41 Å². The lowest BCUT2D eigenvalue weighted by atomic mass is 9.90. The quantitative estimate of drug-likeness (QED) is 0.589. The van der Waals surface area contributed by atoms with Crippen molar-refractivity contribution in [3.05, 3.63) is 0 Å². The maximum Gasteiger partial charge on any atom is 0.0471 e. The Morgan fingerprint density at radius 3 is 2.38 bits per heavy atom. The van der Waals surface area contributed by atoms with Crippen LogP contribution in [-0.4, -0.2) is 26.3 Å². The lowest BCUT2D eigenvalue weighted by Gasteiger charge is -2.24. The van der Waals surface area contributed by atoms with Crippen LogP contribution in [0.5, 0.6) is 0 Å². The summed E-state index contributed by atoms with van der Waals surface area (Å²) < 4.78 is 5.47. The third kappa shape index (κ3) is 8.26. The summed E-state index contributed by atoms with van der Waals surface area (Å²) in [4.78, 5) is 0. The molecule has 0 saturated heterocycles. The van der Waals surface area contributed by atoms with E-state index in [1.54, 1.807) is 0 Å². The van der Waals surface area contributed by atoms with Crippen LogP contribution in [0.2, 0.25) is 0 Å². The molecule has 0 saturated carbocycles. The second-order valence-electron chi connectivity index (χ2n) is 4.31. The molecule has 0 aliphatic heterocycles. The first-order valence-electron chi connectivity index (χ1n) is 5.41. The minimum absolute atomic E-state index is 0.365. The van der Waals surface area contributed by atoms with Crippen molar-refractivity contribution in [3.63, 3.8) is 0 Å². The van der Waals surface area contributed by atoms with E-state index in [4.69, 9.17) is 4.74 Å². The molecule has 0 aromatic heterocycles. The van der Waals surface area contributed by atoms with Gasteiger partial charge >= 0.3 is 0 Å². The van der Waals surface area contributed by atoms with Crippen LogP contribution in [0.25, 0.3) is 0 Å². The van der Waals surface area contributed by atoms with Gasteiger partial charge in [0.2, 0.25) is 0 Å². The molecule has 0 amide bonds. The maximum absolute atomic E-state index is 5.47. The zero-order valence-corrected chi connectivity index (χ0v) is 9.65. The van der Waals surface area contributed by atoms with Crippen LogP contribution in [-0.2, 0) is 4.74 Å². The molecule has 1 N–H and O–H groups in total. The normalized spacial score (nSPS) is 12.0. The van der Waals surface area contributed by atoms with Crippen LogP contribution in [0.3, 0.4) is 0 Å². The van der Waals surface area contributed by atoms with Crippen LogP contribution < -0.4 is 5.32 Å². The molecule has 0 radical (unpaired) electrons. The highest BCUT2D eigenvalue weighted by molar-refractivity contribution is 4.70. The molecule has 0 rings (SSSR count). The van der Waals surface area contributed by atoms with E-state index < -0.39 is 0 Å². The third-order valence-corrected chi connectivity index (χ3v) is 2.13. The third-order valence-electron chi connectivity index (χ3n) is 2.13. The summed E-state index contributed by atoms with van der Waals surface area (Å²) in [6.45, 7) is 12.8. The molecule has 0 fully saturated rings. The Labute approximate surface area is 83.1 Å². The summed E-state index contributed by atoms with van der Waals surface area (Å²) in [5, 5.41) is 3.37. The van der Waals surface area contributed by atoms with Crippen LogP contribution >= 0.6 is 0 Å². The van der Waals surface area contributed by atoms with Crippen molar-refractivity contribution in [1.29, 1.82) is 0 Å². The first-order valence-corrected chi connectivity index (χ1v) is 5.41. The number of rotatable bonds is 8. The second kappa shape index (κ2) is 7.34. The van der Waals surface area contributed by atoms with E-state index in [0.717, 1.165) is 39.1 Å². The Hall–Kier alpha value is -0.0800. The van der Waals surface area contributed by atoms with Crippen molar-refractivity contribution in [2.75, 3.05) is 26.3 Å². The molecule has 0 heterocycles. The van der Waals surface area contributed by atoms with Crippen molar-refractivity contribution < 1.29 is 4.74 Å². The van der Waals surface area contributed by atoms with Gasteiger partial charge in [-0.25, -0.2) is 0 Å². The number of nitrogens with one attached hydrogen (secondary N) is 1. The molecule has 0 atom stereocenters. The van der Waals surface area contributed by atoms with Crippen molar-refractivity contribution in [3.8, 4) is 0 Å². The van der Waals surface area contributed by atoms with Gasteiger partial charge in [0.1, 0.15) is 0 Å². The highest BCUT2D eigenvalue weighted by Gasteiger charge is 2.16. The summed E-state index contributed by atoms with van der Waals surface area (Å²) in [5.41, 5.74) is 0.365. The molecule has 0 aromatic rings. The highest BCUT2D eigenvalue weighted by atomic mass is 16.5. The molecular weight excluding hydrogens is 162 g/mol. The van der Waals surface area contributed by atoms with E-state index in [2.05, 4.69) is 33.0 Å². The van der Waals surface area contributed by atoms with Crippen molar-refractivity contribution >= 4 is 0 Å². The van der Waals surface area contributed by atoms with Gasteiger partial charge in [0, 0.05) is 19.8 Å². The first-order chi connectivity index (χ1) is 6.12. The Balaban J connectivity index is 3.39.